The molecule has 0 fully saturated rings. The second-order valence-corrected chi connectivity index (χ2v) is 5.49. The summed E-state index contributed by atoms with van der Waals surface area (Å²) in [7, 11) is 0. The molecule has 3 rings (SSSR count). The van der Waals surface area contributed by atoms with Gasteiger partial charge in [0.1, 0.15) is 0 Å². The number of pyridine rings is 1. The van der Waals surface area contributed by atoms with Crippen molar-refractivity contribution in [3.8, 4) is 0 Å². The van der Waals surface area contributed by atoms with E-state index in [0.29, 0.717) is 11.1 Å². The van der Waals surface area contributed by atoms with Crippen LogP contribution in [0.4, 0.5) is 0 Å². The number of rotatable bonds is 2. The molecule has 0 N–H and O–H groups in total. The minimum absolute atomic E-state index is 0.0437. The molecule has 2 aromatic carbocycles. The lowest BCUT2D eigenvalue weighted by molar-refractivity contribution is 0.103. The van der Waals surface area contributed by atoms with Crippen LogP contribution in [0.15, 0.2) is 60.8 Å². The first-order chi connectivity index (χ1) is 9.24. The van der Waals surface area contributed by atoms with Crippen LogP contribution in [-0.2, 0) is 0 Å². The molecule has 1 aromatic heterocycles. The molecule has 92 valence electrons. The third-order valence-electron chi connectivity index (χ3n) is 2.97. The minimum atomic E-state index is 0.0437. The monoisotopic (exact) mass is 359 g/mol. The molecule has 2 nitrogen and oxygen atoms in total. The van der Waals surface area contributed by atoms with Gasteiger partial charge in [0.25, 0.3) is 0 Å². The molecule has 0 radical (unpaired) electrons. The van der Waals surface area contributed by atoms with E-state index < -0.39 is 0 Å². The van der Waals surface area contributed by atoms with E-state index in [0.717, 1.165) is 14.5 Å². The first kappa shape index (κ1) is 12.3. The van der Waals surface area contributed by atoms with Gasteiger partial charge in [-0.25, -0.2) is 0 Å². The lowest BCUT2D eigenvalue weighted by Gasteiger charge is -2.03. The molecule has 0 aliphatic rings. The van der Waals surface area contributed by atoms with Crippen molar-refractivity contribution >= 4 is 39.3 Å². The highest BCUT2D eigenvalue weighted by atomic mass is 127. The fourth-order valence-electron chi connectivity index (χ4n) is 1.98. The Morgan fingerprint density at radius 1 is 0.947 bits per heavy atom. The van der Waals surface area contributed by atoms with Gasteiger partial charge in [-0.15, -0.1) is 0 Å². The molecular formula is C16H10INO. The van der Waals surface area contributed by atoms with Gasteiger partial charge >= 0.3 is 0 Å². The lowest BCUT2D eigenvalue weighted by atomic mass is 10.0. The molecule has 0 bridgehead atoms. The van der Waals surface area contributed by atoms with Gasteiger partial charge in [-0.3, -0.25) is 9.78 Å². The summed E-state index contributed by atoms with van der Waals surface area (Å²) < 4.78 is 1.12. The number of hydrogen-bond donors (Lipinski definition) is 0. The third kappa shape index (κ3) is 2.51. The molecule has 0 unspecified atom stereocenters. The third-order valence-corrected chi connectivity index (χ3v) is 3.69. The number of nitrogens with zero attached hydrogens (tertiary/aromatic N) is 1. The van der Waals surface area contributed by atoms with Crippen LogP contribution < -0.4 is 0 Å². The van der Waals surface area contributed by atoms with Gasteiger partial charge in [0, 0.05) is 26.3 Å². The van der Waals surface area contributed by atoms with E-state index in [4.69, 9.17) is 0 Å². The Hall–Kier alpha value is -1.75. The molecule has 0 spiro atoms. The summed E-state index contributed by atoms with van der Waals surface area (Å²) in [6.07, 6.45) is 1.75. The Kier molecular flexibility index (Phi) is 3.29. The van der Waals surface area contributed by atoms with Crippen LogP contribution in [0.5, 0.6) is 0 Å². The van der Waals surface area contributed by atoms with Crippen LogP contribution in [-0.4, -0.2) is 10.8 Å². The number of ketones is 1. The Balaban J connectivity index is 2.04. The van der Waals surface area contributed by atoms with Crippen molar-refractivity contribution in [2.45, 2.75) is 0 Å². The zero-order valence-corrected chi connectivity index (χ0v) is 12.2. The molecule has 0 atom stereocenters. The number of benzene rings is 2. The fraction of sp³-hybridized carbons (Fsp3) is 0. The summed E-state index contributed by atoms with van der Waals surface area (Å²) in [6, 6.07) is 17.0. The van der Waals surface area contributed by atoms with Crippen LogP contribution in [0.2, 0.25) is 0 Å². The van der Waals surface area contributed by atoms with E-state index in [9.17, 15) is 4.79 Å². The average Bonchev–Trinajstić information content (AvgIpc) is 2.47. The van der Waals surface area contributed by atoms with E-state index in [-0.39, 0.29) is 5.78 Å². The van der Waals surface area contributed by atoms with Gasteiger partial charge in [0.2, 0.25) is 0 Å². The molecule has 0 aliphatic carbocycles. The standard InChI is InChI=1S/C16H10INO/c17-14-6-3-11(4-7-14)16(19)13-5-8-15-12(10-13)2-1-9-18-15/h1-10H. The molecule has 3 aromatic rings. The van der Waals surface area contributed by atoms with Crippen molar-refractivity contribution in [2.24, 2.45) is 0 Å². The molecule has 3 heteroatoms. The zero-order chi connectivity index (χ0) is 13.2. The predicted molar refractivity (Wildman–Crippen MR) is 84.3 cm³/mol. The predicted octanol–water partition coefficient (Wildman–Crippen LogP) is 4.07. The van der Waals surface area contributed by atoms with E-state index in [2.05, 4.69) is 27.6 Å². The van der Waals surface area contributed by atoms with Crippen molar-refractivity contribution in [3.63, 3.8) is 0 Å². The van der Waals surface area contributed by atoms with E-state index in [1.54, 1.807) is 6.20 Å². The van der Waals surface area contributed by atoms with E-state index >= 15 is 0 Å². The topological polar surface area (TPSA) is 30.0 Å². The number of carbonyl (C=O) groups is 1. The first-order valence-electron chi connectivity index (χ1n) is 5.89. The van der Waals surface area contributed by atoms with Gasteiger partial charge in [0.05, 0.1) is 5.52 Å². The maximum atomic E-state index is 12.4. The highest BCUT2D eigenvalue weighted by Crippen LogP contribution is 2.17. The largest absolute Gasteiger partial charge is 0.289 e. The van der Waals surface area contributed by atoms with Crippen molar-refractivity contribution in [1.29, 1.82) is 0 Å². The Morgan fingerprint density at radius 2 is 1.68 bits per heavy atom. The van der Waals surface area contributed by atoms with Crippen molar-refractivity contribution in [2.75, 3.05) is 0 Å². The fourth-order valence-corrected chi connectivity index (χ4v) is 2.34. The summed E-state index contributed by atoms with van der Waals surface area (Å²) in [4.78, 5) is 16.6. The summed E-state index contributed by atoms with van der Waals surface area (Å²) in [5.41, 5.74) is 2.31. The molecule has 1 heterocycles. The summed E-state index contributed by atoms with van der Waals surface area (Å²) in [5.74, 6) is 0.0437. The van der Waals surface area contributed by atoms with Crippen LogP contribution in [0.1, 0.15) is 15.9 Å². The van der Waals surface area contributed by atoms with E-state index in [1.807, 2.05) is 54.6 Å². The molecule has 19 heavy (non-hydrogen) atoms. The van der Waals surface area contributed by atoms with Gasteiger partial charge in [-0.1, -0.05) is 6.07 Å². The summed E-state index contributed by atoms with van der Waals surface area (Å²) in [6.45, 7) is 0. The number of aromatic nitrogens is 1. The first-order valence-corrected chi connectivity index (χ1v) is 6.97. The number of carbonyl (C=O) groups excluding carboxylic acids is 1. The van der Waals surface area contributed by atoms with Crippen molar-refractivity contribution in [3.05, 3.63) is 75.5 Å². The second-order valence-electron chi connectivity index (χ2n) is 4.25. The normalized spacial score (nSPS) is 10.6. The van der Waals surface area contributed by atoms with Crippen molar-refractivity contribution < 1.29 is 4.79 Å². The maximum absolute atomic E-state index is 12.4. The van der Waals surface area contributed by atoms with Crippen LogP contribution in [0, 0.1) is 3.57 Å². The van der Waals surface area contributed by atoms with Gasteiger partial charge in [-0.05, 0) is 71.1 Å². The minimum Gasteiger partial charge on any atom is -0.289 e. The van der Waals surface area contributed by atoms with Gasteiger partial charge in [-0.2, -0.15) is 0 Å². The smallest absolute Gasteiger partial charge is 0.193 e. The van der Waals surface area contributed by atoms with Crippen molar-refractivity contribution in [1.82, 2.24) is 4.98 Å². The highest BCUT2D eigenvalue weighted by molar-refractivity contribution is 14.1. The summed E-state index contributed by atoms with van der Waals surface area (Å²) >= 11 is 2.23. The second kappa shape index (κ2) is 5.09. The maximum Gasteiger partial charge on any atom is 0.193 e. The Bertz CT molecular complexity index is 750. The van der Waals surface area contributed by atoms with Gasteiger partial charge in [0.15, 0.2) is 5.78 Å². The highest BCUT2D eigenvalue weighted by Gasteiger charge is 2.09. The molecular weight excluding hydrogens is 349 g/mol. The van der Waals surface area contributed by atoms with Crippen LogP contribution >= 0.6 is 22.6 Å². The molecule has 0 amide bonds. The van der Waals surface area contributed by atoms with Gasteiger partial charge < -0.3 is 0 Å². The number of fused-ring (bicyclic) bond motifs is 1. The van der Waals surface area contributed by atoms with Crippen LogP contribution in [0.3, 0.4) is 0 Å². The van der Waals surface area contributed by atoms with E-state index in [1.165, 1.54) is 0 Å². The lowest BCUT2D eigenvalue weighted by Crippen LogP contribution is -2.01. The molecule has 0 saturated heterocycles. The van der Waals surface area contributed by atoms with Crippen LogP contribution in [0.25, 0.3) is 10.9 Å². The SMILES string of the molecule is O=C(c1ccc(I)cc1)c1ccc2ncccc2c1. The number of halogens is 1. The molecule has 0 saturated carbocycles. The summed E-state index contributed by atoms with van der Waals surface area (Å²) in [5, 5.41) is 0.985. The Morgan fingerprint density at radius 3 is 2.47 bits per heavy atom. The Labute approximate surface area is 124 Å². The average molecular weight is 359 g/mol. The zero-order valence-electron chi connectivity index (χ0n) is 10.0. The number of hydrogen-bond acceptors (Lipinski definition) is 2. The molecule has 0 aliphatic heterocycles. The quantitative estimate of drug-likeness (QED) is 0.510.